The normalized spacial score (nSPS) is 19.7. The number of amides is 2. The Hall–Kier alpha value is -2.45. The predicted octanol–water partition coefficient (Wildman–Crippen LogP) is 3.22. The van der Waals surface area contributed by atoms with E-state index in [1.807, 2.05) is 29.2 Å². The Morgan fingerprint density at radius 1 is 1.19 bits per heavy atom. The lowest BCUT2D eigenvalue weighted by atomic mass is 10.1. The molecule has 0 aliphatic carbocycles. The Labute approximate surface area is 189 Å². The highest BCUT2D eigenvalue weighted by atomic mass is 79.9. The van der Waals surface area contributed by atoms with Gasteiger partial charge in [0, 0.05) is 42.8 Å². The summed E-state index contributed by atoms with van der Waals surface area (Å²) in [6.07, 6.45) is 1.12. The first-order chi connectivity index (χ1) is 14.9. The standard InChI is InChI=1S/C23H25BrFN3O3/c24-17-2-1-3-18(12-17)28-14-16(11-22(28)30)23(31)26-13-15-4-5-21(20(25)10-15)27-8-6-19(29)7-9-27/h1-5,10,12,16,19,29H,6-9,11,13-14H2,(H,26,31). The van der Waals surface area contributed by atoms with Gasteiger partial charge in [-0.2, -0.15) is 0 Å². The van der Waals surface area contributed by atoms with Crippen molar-refractivity contribution in [2.45, 2.75) is 31.9 Å². The zero-order valence-electron chi connectivity index (χ0n) is 17.1. The minimum atomic E-state index is -0.435. The Morgan fingerprint density at radius 3 is 2.68 bits per heavy atom. The summed E-state index contributed by atoms with van der Waals surface area (Å²) in [4.78, 5) is 28.6. The fourth-order valence-corrected chi connectivity index (χ4v) is 4.52. The molecular formula is C23H25BrFN3O3. The van der Waals surface area contributed by atoms with E-state index in [2.05, 4.69) is 21.2 Å². The highest BCUT2D eigenvalue weighted by molar-refractivity contribution is 9.10. The van der Waals surface area contributed by atoms with E-state index in [1.54, 1.807) is 17.0 Å². The van der Waals surface area contributed by atoms with Gasteiger partial charge in [0.05, 0.1) is 17.7 Å². The largest absolute Gasteiger partial charge is 0.393 e. The third-order valence-corrected chi connectivity index (χ3v) is 6.39. The number of benzene rings is 2. The molecule has 2 aromatic carbocycles. The molecule has 4 rings (SSSR count). The van der Waals surface area contributed by atoms with E-state index in [1.165, 1.54) is 6.07 Å². The summed E-state index contributed by atoms with van der Waals surface area (Å²) < 4.78 is 15.5. The summed E-state index contributed by atoms with van der Waals surface area (Å²) in [6, 6.07) is 12.4. The first-order valence-corrected chi connectivity index (χ1v) is 11.2. The molecule has 2 aromatic rings. The average molecular weight is 490 g/mol. The molecule has 1 unspecified atom stereocenters. The third kappa shape index (κ3) is 5.07. The van der Waals surface area contributed by atoms with Crippen molar-refractivity contribution in [3.8, 4) is 0 Å². The zero-order valence-corrected chi connectivity index (χ0v) is 18.6. The highest BCUT2D eigenvalue weighted by Crippen LogP contribution is 2.28. The number of hydrogen-bond donors (Lipinski definition) is 2. The monoisotopic (exact) mass is 489 g/mol. The van der Waals surface area contributed by atoms with Gasteiger partial charge in [0.25, 0.3) is 0 Å². The smallest absolute Gasteiger partial charge is 0.227 e. The fraction of sp³-hybridized carbons (Fsp3) is 0.391. The van der Waals surface area contributed by atoms with E-state index in [0.29, 0.717) is 43.7 Å². The summed E-state index contributed by atoms with van der Waals surface area (Å²) in [6.45, 7) is 1.78. The first kappa shape index (κ1) is 21.8. The van der Waals surface area contributed by atoms with Gasteiger partial charge in [-0.3, -0.25) is 9.59 Å². The van der Waals surface area contributed by atoms with Crippen molar-refractivity contribution >= 4 is 39.1 Å². The van der Waals surface area contributed by atoms with Crippen molar-refractivity contribution in [3.63, 3.8) is 0 Å². The topological polar surface area (TPSA) is 72.9 Å². The number of carbonyl (C=O) groups excluding carboxylic acids is 2. The lowest BCUT2D eigenvalue weighted by molar-refractivity contribution is -0.126. The van der Waals surface area contributed by atoms with E-state index >= 15 is 0 Å². The molecule has 8 heteroatoms. The van der Waals surface area contributed by atoms with Crippen LogP contribution in [0, 0.1) is 11.7 Å². The number of halogens is 2. The molecule has 6 nitrogen and oxygen atoms in total. The number of nitrogens with zero attached hydrogens (tertiary/aromatic N) is 2. The second-order valence-corrected chi connectivity index (χ2v) is 9.02. The molecule has 31 heavy (non-hydrogen) atoms. The summed E-state index contributed by atoms with van der Waals surface area (Å²) in [5.41, 5.74) is 1.95. The van der Waals surface area contributed by atoms with E-state index in [0.717, 1.165) is 10.2 Å². The second kappa shape index (κ2) is 9.36. The number of carbonyl (C=O) groups is 2. The molecule has 2 amide bonds. The van der Waals surface area contributed by atoms with Crippen LogP contribution in [-0.4, -0.2) is 42.7 Å². The van der Waals surface area contributed by atoms with Gasteiger partial charge in [0.15, 0.2) is 0 Å². The molecule has 2 aliphatic rings. The lowest BCUT2D eigenvalue weighted by Crippen LogP contribution is -2.36. The Bertz CT molecular complexity index is 978. The minimum Gasteiger partial charge on any atom is -0.393 e. The third-order valence-electron chi connectivity index (χ3n) is 5.90. The number of piperidine rings is 1. The van der Waals surface area contributed by atoms with Crippen molar-refractivity contribution in [2.24, 2.45) is 5.92 Å². The molecule has 2 heterocycles. The number of aliphatic hydroxyl groups excluding tert-OH is 1. The van der Waals surface area contributed by atoms with Gasteiger partial charge in [0.2, 0.25) is 11.8 Å². The van der Waals surface area contributed by atoms with Crippen LogP contribution in [0.1, 0.15) is 24.8 Å². The molecule has 0 spiro atoms. The zero-order chi connectivity index (χ0) is 22.0. The van der Waals surface area contributed by atoms with E-state index < -0.39 is 5.92 Å². The Kier molecular flexibility index (Phi) is 6.57. The van der Waals surface area contributed by atoms with E-state index in [4.69, 9.17) is 0 Å². The van der Waals surface area contributed by atoms with Gasteiger partial charge in [-0.15, -0.1) is 0 Å². The van der Waals surface area contributed by atoms with Crippen LogP contribution in [0.5, 0.6) is 0 Å². The lowest BCUT2D eigenvalue weighted by Gasteiger charge is -2.31. The summed E-state index contributed by atoms with van der Waals surface area (Å²) >= 11 is 3.40. The van der Waals surface area contributed by atoms with Crippen molar-refractivity contribution < 1.29 is 19.1 Å². The van der Waals surface area contributed by atoms with Gasteiger partial charge < -0.3 is 20.2 Å². The van der Waals surface area contributed by atoms with Crippen LogP contribution in [0.3, 0.4) is 0 Å². The summed E-state index contributed by atoms with van der Waals surface area (Å²) in [7, 11) is 0. The van der Waals surface area contributed by atoms with Crippen molar-refractivity contribution in [1.82, 2.24) is 5.32 Å². The maximum atomic E-state index is 14.6. The molecule has 2 aliphatic heterocycles. The second-order valence-electron chi connectivity index (χ2n) is 8.11. The minimum absolute atomic E-state index is 0.0831. The van der Waals surface area contributed by atoms with Crippen molar-refractivity contribution in [1.29, 1.82) is 0 Å². The molecule has 164 valence electrons. The van der Waals surface area contributed by atoms with Gasteiger partial charge >= 0.3 is 0 Å². The van der Waals surface area contributed by atoms with Crippen LogP contribution < -0.4 is 15.1 Å². The Balaban J connectivity index is 1.33. The fourth-order valence-electron chi connectivity index (χ4n) is 4.13. The van der Waals surface area contributed by atoms with Crippen LogP contribution >= 0.6 is 15.9 Å². The van der Waals surface area contributed by atoms with Gasteiger partial charge in [0.1, 0.15) is 5.82 Å². The SMILES string of the molecule is O=C(NCc1ccc(N2CCC(O)CC2)c(F)c1)C1CC(=O)N(c2cccc(Br)c2)C1. The predicted molar refractivity (Wildman–Crippen MR) is 120 cm³/mol. The van der Waals surface area contributed by atoms with Crippen LogP contribution in [-0.2, 0) is 16.1 Å². The van der Waals surface area contributed by atoms with Gasteiger partial charge in [-0.25, -0.2) is 4.39 Å². The highest BCUT2D eigenvalue weighted by Gasteiger charge is 2.35. The molecule has 2 N–H and O–H groups in total. The van der Waals surface area contributed by atoms with Crippen molar-refractivity contribution in [2.75, 3.05) is 29.4 Å². The average Bonchev–Trinajstić information content (AvgIpc) is 3.15. The van der Waals surface area contributed by atoms with Gasteiger partial charge in [-0.05, 0) is 48.7 Å². The number of rotatable bonds is 5. The quantitative estimate of drug-likeness (QED) is 0.676. The number of anilines is 2. The molecule has 2 saturated heterocycles. The number of nitrogens with one attached hydrogen (secondary N) is 1. The summed E-state index contributed by atoms with van der Waals surface area (Å²) in [5, 5.41) is 12.5. The Morgan fingerprint density at radius 2 is 1.97 bits per heavy atom. The molecule has 1 atom stereocenters. The number of hydrogen-bond acceptors (Lipinski definition) is 4. The maximum absolute atomic E-state index is 14.6. The van der Waals surface area contributed by atoms with E-state index in [9.17, 15) is 19.1 Å². The van der Waals surface area contributed by atoms with Crippen LogP contribution in [0.15, 0.2) is 46.9 Å². The first-order valence-electron chi connectivity index (χ1n) is 10.5. The van der Waals surface area contributed by atoms with Crippen LogP contribution in [0.25, 0.3) is 0 Å². The van der Waals surface area contributed by atoms with Gasteiger partial charge in [-0.1, -0.05) is 28.1 Å². The van der Waals surface area contributed by atoms with Crippen molar-refractivity contribution in [3.05, 3.63) is 58.3 Å². The molecule has 0 aromatic heterocycles. The molecule has 0 saturated carbocycles. The molecule has 0 bridgehead atoms. The molecular weight excluding hydrogens is 465 g/mol. The van der Waals surface area contributed by atoms with Crippen LogP contribution in [0.2, 0.25) is 0 Å². The molecule has 0 radical (unpaired) electrons. The van der Waals surface area contributed by atoms with E-state index in [-0.39, 0.29) is 36.7 Å². The maximum Gasteiger partial charge on any atom is 0.227 e. The summed E-state index contributed by atoms with van der Waals surface area (Å²) in [5.74, 6) is -1.06. The van der Waals surface area contributed by atoms with Crippen LogP contribution in [0.4, 0.5) is 15.8 Å². The molecule has 2 fully saturated rings. The number of aliphatic hydroxyl groups is 1.